The Bertz CT molecular complexity index is 1050. The van der Waals surface area contributed by atoms with E-state index in [1.807, 2.05) is 31.3 Å². The van der Waals surface area contributed by atoms with Gasteiger partial charge in [-0.3, -0.25) is 14.9 Å². The van der Waals surface area contributed by atoms with Gasteiger partial charge in [-0.15, -0.1) is 10.2 Å². The topological polar surface area (TPSA) is 112 Å². The van der Waals surface area contributed by atoms with Crippen molar-refractivity contribution < 1.29 is 14.5 Å². The third kappa shape index (κ3) is 4.84. The van der Waals surface area contributed by atoms with Crippen molar-refractivity contribution in [2.45, 2.75) is 5.16 Å². The Labute approximate surface area is 175 Å². The van der Waals surface area contributed by atoms with E-state index in [2.05, 4.69) is 15.5 Å². The molecule has 0 aliphatic heterocycles. The molecule has 0 aliphatic carbocycles. The number of anilines is 1. The van der Waals surface area contributed by atoms with E-state index >= 15 is 0 Å². The van der Waals surface area contributed by atoms with Crippen LogP contribution in [0.2, 0.25) is 5.02 Å². The number of carbonyl (C=O) groups is 1. The minimum Gasteiger partial charge on any atom is -0.497 e. The molecule has 0 saturated carbocycles. The SMILES string of the molecule is COc1ccc(-c2nnc(SCC(=O)Nc3ccc(Cl)c([N+](=O)[O-])c3)n2C)cc1. The summed E-state index contributed by atoms with van der Waals surface area (Å²) in [5.74, 6) is 1.12. The highest BCUT2D eigenvalue weighted by Gasteiger charge is 2.16. The van der Waals surface area contributed by atoms with Gasteiger partial charge in [0.1, 0.15) is 10.8 Å². The molecule has 150 valence electrons. The minimum absolute atomic E-state index is 0.00696. The summed E-state index contributed by atoms with van der Waals surface area (Å²) >= 11 is 6.98. The molecule has 0 saturated heterocycles. The number of ether oxygens (including phenoxy) is 1. The van der Waals surface area contributed by atoms with Gasteiger partial charge in [0.05, 0.1) is 17.8 Å². The van der Waals surface area contributed by atoms with Crippen molar-refractivity contribution in [1.29, 1.82) is 0 Å². The molecule has 1 N–H and O–H groups in total. The summed E-state index contributed by atoms with van der Waals surface area (Å²) in [6.07, 6.45) is 0. The molecule has 0 spiro atoms. The van der Waals surface area contributed by atoms with Gasteiger partial charge in [-0.05, 0) is 36.4 Å². The number of benzene rings is 2. The van der Waals surface area contributed by atoms with E-state index in [1.165, 1.54) is 30.0 Å². The van der Waals surface area contributed by atoms with Crippen LogP contribution in [-0.2, 0) is 11.8 Å². The highest BCUT2D eigenvalue weighted by molar-refractivity contribution is 7.99. The standard InChI is InChI=1S/C18H16ClN5O4S/c1-23-17(11-3-6-13(28-2)7-4-11)21-22-18(23)29-10-16(25)20-12-5-8-14(19)15(9-12)24(26)27/h3-9H,10H2,1-2H3,(H,20,25). The van der Waals surface area contributed by atoms with E-state index < -0.39 is 4.92 Å². The lowest BCUT2D eigenvalue weighted by atomic mass is 10.2. The van der Waals surface area contributed by atoms with E-state index in [9.17, 15) is 14.9 Å². The van der Waals surface area contributed by atoms with E-state index in [0.29, 0.717) is 16.7 Å². The van der Waals surface area contributed by atoms with Crippen molar-refractivity contribution in [2.75, 3.05) is 18.2 Å². The van der Waals surface area contributed by atoms with Crippen LogP contribution < -0.4 is 10.1 Å². The Morgan fingerprint density at radius 3 is 2.66 bits per heavy atom. The largest absolute Gasteiger partial charge is 0.497 e. The molecule has 3 rings (SSSR count). The second kappa shape index (κ2) is 8.93. The summed E-state index contributed by atoms with van der Waals surface area (Å²) in [5, 5.41) is 22.4. The van der Waals surface area contributed by atoms with Gasteiger partial charge < -0.3 is 14.6 Å². The lowest BCUT2D eigenvalue weighted by Crippen LogP contribution is -2.14. The van der Waals surface area contributed by atoms with Crippen LogP contribution >= 0.6 is 23.4 Å². The smallest absolute Gasteiger partial charge is 0.289 e. The molecule has 0 radical (unpaired) electrons. The quantitative estimate of drug-likeness (QED) is 0.342. The summed E-state index contributed by atoms with van der Waals surface area (Å²) < 4.78 is 6.93. The van der Waals surface area contributed by atoms with Gasteiger partial charge in [0, 0.05) is 24.4 Å². The first-order valence-electron chi connectivity index (χ1n) is 8.29. The predicted octanol–water partition coefficient (Wildman–Crippen LogP) is 3.78. The number of hydrogen-bond donors (Lipinski definition) is 1. The Hall–Kier alpha value is -3.11. The fraction of sp³-hybridized carbons (Fsp3) is 0.167. The maximum atomic E-state index is 12.2. The molecular formula is C18H16ClN5O4S. The van der Waals surface area contributed by atoms with Gasteiger partial charge in [0.25, 0.3) is 5.69 Å². The van der Waals surface area contributed by atoms with E-state index in [4.69, 9.17) is 16.3 Å². The third-order valence-corrected chi connectivity index (χ3v) is 5.28. The lowest BCUT2D eigenvalue weighted by molar-refractivity contribution is -0.384. The van der Waals surface area contributed by atoms with Crippen molar-refractivity contribution in [3.63, 3.8) is 0 Å². The first kappa shape index (κ1) is 20.6. The van der Waals surface area contributed by atoms with E-state index in [-0.39, 0.29) is 22.4 Å². The number of amides is 1. The van der Waals surface area contributed by atoms with Gasteiger partial charge in [-0.25, -0.2) is 0 Å². The molecule has 0 aliphatic rings. The Morgan fingerprint density at radius 2 is 2.00 bits per heavy atom. The van der Waals surface area contributed by atoms with Crippen molar-refractivity contribution >= 4 is 40.6 Å². The van der Waals surface area contributed by atoms with Crippen molar-refractivity contribution in [1.82, 2.24) is 14.8 Å². The van der Waals surface area contributed by atoms with Crippen LogP contribution in [0.3, 0.4) is 0 Å². The predicted molar refractivity (Wildman–Crippen MR) is 110 cm³/mol. The van der Waals surface area contributed by atoms with Crippen molar-refractivity contribution in [3.05, 3.63) is 57.6 Å². The average molecular weight is 434 g/mol. The molecule has 2 aromatic carbocycles. The highest BCUT2D eigenvalue weighted by atomic mass is 35.5. The molecule has 11 heteroatoms. The number of rotatable bonds is 7. The van der Waals surface area contributed by atoms with E-state index in [1.54, 1.807) is 11.7 Å². The second-order valence-electron chi connectivity index (χ2n) is 5.85. The number of carbonyl (C=O) groups excluding carboxylic acids is 1. The number of thioether (sulfide) groups is 1. The molecule has 9 nitrogen and oxygen atoms in total. The normalized spacial score (nSPS) is 10.6. The maximum absolute atomic E-state index is 12.2. The molecular weight excluding hydrogens is 418 g/mol. The molecule has 1 amide bonds. The zero-order valence-corrected chi connectivity index (χ0v) is 17.0. The number of nitrogens with zero attached hydrogens (tertiary/aromatic N) is 4. The summed E-state index contributed by atoms with van der Waals surface area (Å²) in [6.45, 7) is 0. The molecule has 0 unspecified atom stereocenters. The van der Waals surface area contributed by atoms with Gasteiger partial charge in [0.15, 0.2) is 11.0 Å². The monoisotopic (exact) mass is 433 g/mol. The lowest BCUT2D eigenvalue weighted by Gasteiger charge is -2.06. The van der Waals surface area contributed by atoms with E-state index in [0.717, 1.165) is 11.3 Å². The van der Waals surface area contributed by atoms with Crippen LogP contribution in [0.15, 0.2) is 47.6 Å². The van der Waals surface area contributed by atoms with Gasteiger partial charge in [-0.1, -0.05) is 23.4 Å². The zero-order valence-electron chi connectivity index (χ0n) is 15.5. The minimum atomic E-state index is -0.604. The number of nitro groups is 1. The Kier molecular flexibility index (Phi) is 6.35. The summed E-state index contributed by atoms with van der Waals surface area (Å²) in [5.41, 5.74) is 0.892. The van der Waals surface area contributed by atoms with Gasteiger partial charge >= 0.3 is 0 Å². The zero-order chi connectivity index (χ0) is 21.0. The number of methoxy groups -OCH3 is 1. The number of nitrogens with one attached hydrogen (secondary N) is 1. The fourth-order valence-electron chi connectivity index (χ4n) is 2.49. The van der Waals surface area contributed by atoms with Crippen LogP contribution in [0.1, 0.15) is 0 Å². The summed E-state index contributed by atoms with van der Waals surface area (Å²) in [7, 11) is 3.40. The Balaban J connectivity index is 1.64. The summed E-state index contributed by atoms with van der Waals surface area (Å²) in [4.78, 5) is 22.5. The second-order valence-corrected chi connectivity index (χ2v) is 7.20. The maximum Gasteiger partial charge on any atom is 0.289 e. The summed E-state index contributed by atoms with van der Waals surface area (Å²) in [6, 6.07) is 11.5. The number of nitro benzene ring substituents is 1. The first-order chi connectivity index (χ1) is 13.9. The first-order valence-corrected chi connectivity index (χ1v) is 9.66. The van der Waals surface area contributed by atoms with Crippen LogP contribution in [0, 0.1) is 10.1 Å². The molecule has 0 atom stereocenters. The van der Waals surface area contributed by atoms with Gasteiger partial charge in [0.2, 0.25) is 5.91 Å². The molecule has 29 heavy (non-hydrogen) atoms. The molecule has 0 fully saturated rings. The number of hydrogen-bond acceptors (Lipinski definition) is 7. The van der Waals surface area contributed by atoms with Crippen LogP contribution in [0.4, 0.5) is 11.4 Å². The van der Waals surface area contributed by atoms with Crippen molar-refractivity contribution in [2.24, 2.45) is 7.05 Å². The number of aromatic nitrogens is 3. The van der Waals surface area contributed by atoms with Crippen LogP contribution in [0.5, 0.6) is 5.75 Å². The third-order valence-electron chi connectivity index (χ3n) is 3.94. The Morgan fingerprint density at radius 1 is 1.28 bits per heavy atom. The highest BCUT2D eigenvalue weighted by Crippen LogP contribution is 2.28. The number of halogens is 1. The molecule has 3 aromatic rings. The molecule has 0 bridgehead atoms. The molecule has 1 heterocycles. The molecule has 1 aromatic heterocycles. The average Bonchev–Trinajstić information content (AvgIpc) is 3.08. The van der Waals surface area contributed by atoms with Gasteiger partial charge in [-0.2, -0.15) is 0 Å². The fourth-order valence-corrected chi connectivity index (χ4v) is 3.39. The van der Waals surface area contributed by atoms with Crippen LogP contribution in [-0.4, -0.2) is 38.5 Å². The van der Waals surface area contributed by atoms with Crippen molar-refractivity contribution in [3.8, 4) is 17.1 Å². The van der Waals surface area contributed by atoms with Crippen LogP contribution in [0.25, 0.3) is 11.4 Å².